The van der Waals surface area contributed by atoms with Crippen LogP contribution < -0.4 is 5.32 Å². The summed E-state index contributed by atoms with van der Waals surface area (Å²) in [7, 11) is 1.97. The number of nitrogens with one attached hydrogen (secondary N) is 1. The highest BCUT2D eigenvalue weighted by molar-refractivity contribution is 6.31. The summed E-state index contributed by atoms with van der Waals surface area (Å²) < 4.78 is 1.91. The predicted molar refractivity (Wildman–Crippen MR) is 89.1 cm³/mol. The third-order valence-corrected chi connectivity index (χ3v) is 4.38. The van der Waals surface area contributed by atoms with Crippen LogP contribution in [-0.4, -0.2) is 22.9 Å². The molecule has 114 valence electrons. The summed E-state index contributed by atoms with van der Waals surface area (Å²) in [6.07, 6.45) is 0.895. The lowest BCUT2D eigenvalue weighted by Gasteiger charge is -2.18. The number of aromatic nitrogens is 2. The van der Waals surface area contributed by atoms with Gasteiger partial charge in [-0.3, -0.25) is 4.68 Å². The number of rotatable bonds is 6. The van der Waals surface area contributed by atoms with Gasteiger partial charge in [0.05, 0.1) is 16.4 Å². The first-order chi connectivity index (χ1) is 10.0. The van der Waals surface area contributed by atoms with Crippen molar-refractivity contribution < 1.29 is 0 Å². The fourth-order valence-electron chi connectivity index (χ4n) is 2.60. The van der Waals surface area contributed by atoms with Crippen molar-refractivity contribution in [1.29, 1.82) is 0 Å². The molecule has 2 rings (SSSR count). The summed E-state index contributed by atoms with van der Waals surface area (Å²) in [6, 6.07) is 8.78. The summed E-state index contributed by atoms with van der Waals surface area (Å²) in [5, 5.41) is 8.67. The van der Waals surface area contributed by atoms with Crippen molar-refractivity contribution in [3.8, 4) is 0 Å². The smallest absolute Gasteiger partial charge is 0.0847 e. The van der Waals surface area contributed by atoms with Crippen LogP contribution >= 0.6 is 11.6 Å². The molecule has 0 amide bonds. The standard InChI is InChI=1S/C17H24ClN3/c1-5-19-11-15(14-8-6-12(2)7-9-14)10-16-17(18)13(3)20-21(16)4/h6-9,15,19H,5,10-11H2,1-4H3. The Morgan fingerprint density at radius 2 is 1.90 bits per heavy atom. The average molecular weight is 306 g/mol. The Labute approximate surface area is 132 Å². The van der Waals surface area contributed by atoms with Crippen molar-refractivity contribution in [1.82, 2.24) is 15.1 Å². The lowest BCUT2D eigenvalue weighted by molar-refractivity contribution is 0.570. The molecule has 0 saturated heterocycles. The van der Waals surface area contributed by atoms with Gasteiger partial charge >= 0.3 is 0 Å². The van der Waals surface area contributed by atoms with E-state index < -0.39 is 0 Å². The maximum atomic E-state index is 6.40. The summed E-state index contributed by atoms with van der Waals surface area (Å²) in [4.78, 5) is 0. The highest BCUT2D eigenvalue weighted by atomic mass is 35.5. The second kappa shape index (κ2) is 7.10. The first-order valence-corrected chi connectivity index (χ1v) is 7.86. The Kier molecular flexibility index (Phi) is 5.43. The molecule has 0 bridgehead atoms. The van der Waals surface area contributed by atoms with Crippen LogP contribution in [0.3, 0.4) is 0 Å². The van der Waals surface area contributed by atoms with Gasteiger partial charge in [0.1, 0.15) is 0 Å². The van der Waals surface area contributed by atoms with Crippen molar-refractivity contribution in [2.24, 2.45) is 7.05 Å². The molecule has 0 aliphatic carbocycles. The van der Waals surface area contributed by atoms with Gasteiger partial charge < -0.3 is 5.32 Å². The van der Waals surface area contributed by atoms with Crippen LogP contribution in [0.4, 0.5) is 0 Å². The van der Waals surface area contributed by atoms with Crippen molar-refractivity contribution in [3.05, 3.63) is 51.8 Å². The Morgan fingerprint density at radius 1 is 1.24 bits per heavy atom. The number of benzene rings is 1. The van der Waals surface area contributed by atoms with E-state index in [1.165, 1.54) is 11.1 Å². The lowest BCUT2D eigenvalue weighted by atomic mass is 9.93. The molecule has 1 unspecified atom stereocenters. The van der Waals surface area contributed by atoms with E-state index in [-0.39, 0.29) is 0 Å². The van der Waals surface area contributed by atoms with Gasteiger partial charge in [-0.1, -0.05) is 48.4 Å². The fraction of sp³-hybridized carbons (Fsp3) is 0.471. The Hall–Kier alpha value is -1.32. The average Bonchev–Trinajstić information content (AvgIpc) is 2.70. The molecule has 1 heterocycles. The zero-order chi connectivity index (χ0) is 15.4. The van der Waals surface area contributed by atoms with E-state index in [9.17, 15) is 0 Å². The number of aryl methyl sites for hydroxylation is 3. The van der Waals surface area contributed by atoms with Crippen LogP contribution in [0.2, 0.25) is 5.02 Å². The number of halogens is 1. The molecule has 0 radical (unpaired) electrons. The first kappa shape index (κ1) is 16.1. The highest BCUT2D eigenvalue weighted by Gasteiger charge is 2.18. The van der Waals surface area contributed by atoms with Crippen molar-refractivity contribution in [3.63, 3.8) is 0 Å². The number of hydrogen-bond acceptors (Lipinski definition) is 2. The molecule has 4 heteroatoms. The second-order valence-electron chi connectivity index (χ2n) is 5.59. The van der Waals surface area contributed by atoms with Crippen molar-refractivity contribution in [2.45, 2.75) is 33.1 Å². The molecule has 21 heavy (non-hydrogen) atoms. The van der Waals surface area contributed by atoms with Crippen LogP contribution in [0.5, 0.6) is 0 Å². The maximum Gasteiger partial charge on any atom is 0.0847 e. The molecule has 3 nitrogen and oxygen atoms in total. The van der Waals surface area contributed by atoms with Gasteiger partial charge in [-0.15, -0.1) is 0 Å². The van der Waals surface area contributed by atoms with Crippen molar-refractivity contribution >= 4 is 11.6 Å². The molecule has 2 aromatic rings. The first-order valence-electron chi connectivity index (χ1n) is 7.48. The normalized spacial score (nSPS) is 12.6. The fourth-order valence-corrected chi connectivity index (χ4v) is 2.84. The maximum absolute atomic E-state index is 6.40. The summed E-state index contributed by atoms with van der Waals surface area (Å²) in [5.41, 5.74) is 4.64. The summed E-state index contributed by atoms with van der Waals surface area (Å²) in [5.74, 6) is 0.401. The van der Waals surface area contributed by atoms with Gasteiger partial charge in [0, 0.05) is 19.5 Å². The molecule has 0 saturated carbocycles. The largest absolute Gasteiger partial charge is 0.316 e. The van der Waals surface area contributed by atoms with E-state index in [1.54, 1.807) is 0 Å². The van der Waals surface area contributed by atoms with Gasteiger partial charge in [0.2, 0.25) is 0 Å². The van der Waals surface area contributed by atoms with Crippen LogP contribution in [0.1, 0.15) is 35.4 Å². The van der Waals surface area contributed by atoms with Crippen molar-refractivity contribution in [2.75, 3.05) is 13.1 Å². The molecular weight excluding hydrogens is 282 g/mol. The molecule has 0 aliphatic rings. The molecule has 0 aliphatic heterocycles. The van der Waals surface area contributed by atoms with Crippen LogP contribution in [0.15, 0.2) is 24.3 Å². The zero-order valence-electron chi connectivity index (χ0n) is 13.3. The van der Waals surface area contributed by atoms with E-state index in [0.717, 1.165) is 35.9 Å². The number of nitrogens with zero attached hydrogens (tertiary/aromatic N) is 2. The number of hydrogen-bond donors (Lipinski definition) is 1. The van der Waals surface area contributed by atoms with Gasteiger partial charge in [0.15, 0.2) is 0 Å². The molecule has 1 aromatic heterocycles. The molecule has 0 spiro atoms. The minimum atomic E-state index is 0.401. The summed E-state index contributed by atoms with van der Waals surface area (Å²) in [6.45, 7) is 8.12. The van der Waals surface area contributed by atoms with Crippen LogP contribution in [0.25, 0.3) is 0 Å². The quantitative estimate of drug-likeness (QED) is 0.883. The SMILES string of the molecule is CCNCC(Cc1c(Cl)c(C)nn1C)c1ccc(C)cc1. The van der Waals surface area contributed by atoms with Gasteiger partial charge in [-0.25, -0.2) is 0 Å². The van der Waals surface area contributed by atoms with E-state index in [0.29, 0.717) is 5.92 Å². The Morgan fingerprint density at radius 3 is 2.43 bits per heavy atom. The monoisotopic (exact) mass is 305 g/mol. The molecule has 1 N–H and O–H groups in total. The van der Waals surface area contributed by atoms with E-state index >= 15 is 0 Å². The molecule has 0 fully saturated rings. The third kappa shape index (κ3) is 3.86. The number of likely N-dealkylation sites (N-methyl/N-ethyl adjacent to an activating group) is 1. The Balaban J connectivity index is 2.25. The minimum absolute atomic E-state index is 0.401. The van der Waals surface area contributed by atoms with E-state index in [4.69, 9.17) is 11.6 Å². The highest BCUT2D eigenvalue weighted by Crippen LogP contribution is 2.27. The minimum Gasteiger partial charge on any atom is -0.316 e. The second-order valence-corrected chi connectivity index (χ2v) is 5.97. The summed E-state index contributed by atoms with van der Waals surface area (Å²) >= 11 is 6.40. The van der Waals surface area contributed by atoms with Gasteiger partial charge in [-0.05, 0) is 32.4 Å². The molecule has 1 atom stereocenters. The predicted octanol–water partition coefficient (Wildman–Crippen LogP) is 3.63. The van der Waals surface area contributed by atoms with Gasteiger partial charge in [0.25, 0.3) is 0 Å². The lowest BCUT2D eigenvalue weighted by Crippen LogP contribution is -2.23. The molecular formula is C17H24ClN3. The topological polar surface area (TPSA) is 29.9 Å². The van der Waals surface area contributed by atoms with E-state index in [1.807, 2.05) is 18.7 Å². The third-order valence-electron chi connectivity index (χ3n) is 3.89. The van der Waals surface area contributed by atoms with Gasteiger partial charge in [-0.2, -0.15) is 5.10 Å². The zero-order valence-corrected chi connectivity index (χ0v) is 14.0. The van der Waals surface area contributed by atoms with Crippen LogP contribution in [0, 0.1) is 13.8 Å². The van der Waals surface area contributed by atoms with Crippen LogP contribution in [-0.2, 0) is 13.5 Å². The molecule has 1 aromatic carbocycles. The Bertz CT molecular complexity index is 587. The van der Waals surface area contributed by atoms with E-state index in [2.05, 4.69) is 48.5 Å².